The molecule has 0 saturated heterocycles. The van der Waals surface area contributed by atoms with Crippen molar-refractivity contribution in [3.8, 4) is 11.8 Å². The van der Waals surface area contributed by atoms with Gasteiger partial charge < -0.3 is 14.9 Å². The Morgan fingerprint density at radius 2 is 2.21 bits per heavy atom. The second-order valence-corrected chi connectivity index (χ2v) is 4.91. The summed E-state index contributed by atoms with van der Waals surface area (Å²) in [5.74, 6) is 4.61. The maximum absolute atomic E-state index is 12.6. The number of methoxy groups -OCH3 is 1. The van der Waals surface area contributed by atoms with Crippen molar-refractivity contribution in [3.63, 3.8) is 0 Å². The van der Waals surface area contributed by atoms with Crippen molar-refractivity contribution in [1.82, 2.24) is 4.98 Å². The number of allylic oxidation sites excluding steroid dienone is 3. The molecule has 0 bridgehead atoms. The van der Waals surface area contributed by atoms with Gasteiger partial charge in [0.15, 0.2) is 0 Å². The molecule has 24 heavy (non-hydrogen) atoms. The topological polar surface area (TPSA) is 79.7 Å². The minimum atomic E-state index is -1.03. The van der Waals surface area contributed by atoms with E-state index < -0.39 is 18.2 Å². The Hall–Kier alpha value is -2.49. The minimum absolute atomic E-state index is 0.206. The fourth-order valence-electron chi connectivity index (χ4n) is 1.71. The Morgan fingerprint density at radius 1 is 1.42 bits per heavy atom. The highest BCUT2D eigenvalue weighted by molar-refractivity contribution is 5.68. The molecule has 0 unspecified atom stereocenters. The molecule has 128 valence electrons. The molecule has 0 spiro atoms. The second kappa shape index (κ2) is 11.1. The first kappa shape index (κ1) is 19.6. The van der Waals surface area contributed by atoms with Crippen LogP contribution in [0.1, 0.15) is 24.8 Å². The Kier molecular flexibility index (Phi) is 9.05. The highest BCUT2D eigenvalue weighted by atomic mass is 19.1. The highest BCUT2D eigenvalue weighted by Gasteiger charge is 2.13. The van der Waals surface area contributed by atoms with E-state index in [9.17, 15) is 19.4 Å². The van der Waals surface area contributed by atoms with Crippen molar-refractivity contribution >= 4 is 5.97 Å². The van der Waals surface area contributed by atoms with Gasteiger partial charge in [0, 0.05) is 18.2 Å². The van der Waals surface area contributed by atoms with E-state index >= 15 is 0 Å². The molecule has 2 N–H and O–H groups in total. The Morgan fingerprint density at radius 3 is 2.88 bits per heavy atom. The van der Waals surface area contributed by atoms with Crippen molar-refractivity contribution in [3.05, 3.63) is 54.1 Å². The van der Waals surface area contributed by atoms with Gasteiger partial charge in [0.2, 0.25) is 5.95 Å². The second-order valence-electron chi connectivity index (χ2n) is 4.91. The van der Waals surface area contributed by atoms with Crippen LogP contribution in [-0.4, -0.2) is 40.5 Å². The number of carbonyl (C=O) groups excluding carboxylic acids is 1. The lowest BCUT2D eigenvalue weighted by Gasteiger charge is -2.13. The number of halogens is 1. The molecule has 0 saturated carbocycles. The van der Waals surface area contributed by atoms with E-state index in [-0.39, 0.29) is 12.4 Å². The number of hydrogen-bond donors (Lipinski definition) is 2. The largest absolute Gasteiger partial charge is 0.469 e. The minimum Gasteiger partial charge on any atom is -0.469 e. The smallest absolute Gasteiger partial charge is 0.305 e. The summed E-state index contributed by atoms with van der Waals surface area (Å²) in [6.07, 6.45) is 6.44. The van der Waals surface area contributed by atoms with Crippen molar-refractivity contribution in [2.45, 2.75) is 31.5 Å². The van der Waals surface area contributed by atoms with Crippen LogP contribution in [-0.2, 0) is 9.53 Å². The van der Waals surface area contributed by atoms with Gasteiger partial charge in [-0.05, 0) is 31.1 Å². The quantitative estimate of drug-likeness (QED) is 0.344. The normalized spacial score (nSPS) is 13.5. The third-order valence-corrected chi connectivity index (χ3v) is 3.05. The van der Waals surface area contributed by atoms with Crippen molar-refractivity contribution in [1.29, 1.82) is 0 Å². The number of aliphatic hydroxyl groups is 2. The zero-order valence-electron chi connectivity index (χ0n) is 13.4. The van der Waals surface area contributed by atoms with Gasteiger partial charge in [0.1, 0.15) is 0 Å². The average molecular weight is 333 g/mol. The Labute approximate surface area is 140 Å². The summed E-state index contributed by atoms with van der Waals surface area (Å²) in [4.78, 5) is 14.4. The monoisotopic (exact) mass is 333 g/mol. The van der Waals surface area contributed by atoms with Crippen LogP contribution in [0.5, 0.6) is 0 Å². The van der Waals surface area contributed by atoms with Crippen LogP contribution in [0.25, 0.3) is 0 Å². The predicted octanol–water partition coefficient (Wildman–Crippen LogP) is 1.75. The third kappa shape index (κ3) is 8.22. The molecule has 0 fully saturated rings. The molecule has 0 aliphatic heterocycles. The van der Waals surface area contributed by atoms with E-state index in [0.29, 0.717) is 18.4 Å². The SMILES string of the molecule is COC(=O)CCC[C@H](O)[C@H](O)/C=C/C=C/C#Cc1ccc(F)nc1. The predicted molar refractivity (Wildman–Crippen MR) is 87.2 cm³/mol. The Balaban J connectivity index is 2.34. The standard InChI is InChI=1S/C18H20FNO4/c1-24-18(23)10-6-9-16(22)15(21)8-5-3-2-4-7-14-11-12-17(19)20-13-14/h2-3,5,8,11-13,15-16,21-22H,6,9-10H2,1H3/b3-2+,8-5+/t15-,16+/m1/s1. The van der Waals surface area contributed by atoms with Gasteiger partial charge in [-0.2, -0.15) is 4.39 Å². The zero-order valence-corrected chi connectivity index (χ0v) is 13.4. The Bertz CT molecular complexity index is 629. The first-order valence-corrected chi connectivity index (χ1v) is 7.42. The molecule has 1 rings (SSSR count). The van der Waals surface area contributed by atoms with Gasteiger partial charge in [-0.15, -0.1) is 0 Å². The fraction of sp³-hybridized carbons (Fsp3) is 0.333. The molecule has 1 aromatic rings. The van der Waals surface area contributed by atoms with Crippen LogP contribution in [0.4, 0.5) is 4.39 Å². The van der Waals surface area contributed by atoms with Gasteiger partial charge >= 0.3 is 5.97 Å². The summed E-state index contributed by atoms with van der Waals surface area (Å²) in [7, 11) is 1.30. The maximum Gasteiger partial charge on any atom is 0.305 e. The molecule has 6 heteroatoms. The summed E-state index contributed by atoms with van der Waals surface area (Å²) in [5.41, 5.74) is 0.589. The molecule has 2 atom stereocenters. The first-order valence-electron chi connectivity index (χ1n) is 7.42. The molecule has 0 radical (unpaired) electrons. The number of nitrogens with zero attached hydrogens (tertiary/aromatic N) is 1. The molecule has 0 amide bonds. The summed E-state index contributed by atoms with van der Waals surface area (Å²) in [5, 5.41) is 19.5. The molecule has 5 nitrogen and oxygen atoms in total. The molecular formula is C18H20FNO4. The lowest BCUT2D eigenvalue weighted by Crippen LogP contribution is -2.23. The lowest BCUT2D eigenvalue weighted by molar-refractivity contribution is -0.140. The van der Waals surface area contributed by atoms with E-state index in [2.05, 4.69) is 21.6 Å². The van der Waals surface area contributed by atoms with Crippen LogP contribution < -0.4 is 0 Å². The molecule has 0 aromatic carbocycles. The van der Waals surface area contributed by atoms with Crippen molar-refractivity contribution in [2.75, 3.05) is 7.11 Å². The van der Waals surface area contributed by atoms with Crippen LogP contribution in [0.2, 0.25) is 0 Å². The van der Waals surface area contributed by atoms with E-state index in [1.165, 1.54) is 31.5 Å². The molecular weight excluding hydrogens is 313 g/mol. The van der Waals surface area contributed by atoms with Crippen molar-refractivity contribution < 1.29 is 24.1 Å². The first-order chi connectivity index (χ1) is 11.5. The van der Waals surface area contributed by atoms with Gasteiger partial charge in [-0.1, -0.05) is 30.1 Å². The molecule has 0 aliphatic rings. The van der Waals surface area contributed by atoms with Gasteiger partial charge in [-0.3, -0.25) is 4.79 Å². The van der Waals surface area contributed by atoms with Crippen molar-refractivity contribution in [2.24, 2.45) is 0 Å². The highest BCUT2D eigenvalue weighted by Crippen LogP contribution is 2.07. The lowest BCUT2D eigenvalue weighted by atomic mass is 10.1. The number of hydrogen-bond acceptors (Lipinski definition) is 5. The number of rotatable bonds is 7. The van der Waals surface area contributed by atoms with Gasteiger partial charge in [0.25, 0.3) is 0 Å². The van der Waals surface area contributed by atoms with E-state index in [4.69, 9.17) is 0 Å². The fourth-order valence-corrected chi connectivity index (χ4v) is 1.71. The van der Waals surface area contributed by atoms with Crippen LogP contribution in [0.15, 0.2) is 42.6 Å². The van der Waals surface area contributed by atoms with Crippen LogP contribution >= 0.6 is 0 Å². The average Bonchev–Trinajstić information content (AvgIpc) is 2.58. The summed E-state index contributed by atoms with van der Waals surface area (Å²) in [6.45, 7) is 0. The summed E-state index contributed by atoms with van der Waals surface area (Å²) < 4.78 is 17.1. The number of pyridine rings is 1. The molecule has 0 aliphatic carbocycles. The number of esters is 1. The van der Waals surface area contributed by atoms with E-state index in [1.807, 2.05) is 0 Å². The molecule has 1 aromatic heterocycles. The number of carbonyl (C=O) groups is 1. The van der Waals surface area contributed by atoms with Crippen LogP contribution in [0, 0.1) is 17.8 Å². The molecule has 1 heterocycles. The van der Waals surface area contributed by atoms with Gasteiger partial charge in [-0.25, -0.2) is 4.98 Å². The maximum atomic E-state index is 12.6. The van der Waals surface area contributed by atoms with E-state index in [0.717, 1.165) is 0 Å². The van der Waals surface area contributed by atoms with E-state index in [1.54, 1.807) is 18.2 Å². The third-order valence-electron chi connectivity index (χ3n) is 3.05. The van der Waals surface area contributed by atoms with Crippen LogP contribution in [0.3, 0.4) is 0 Å². The summed E-state index contributed by atoms with van der Waals surface area (Å²) in [6, 6.07) is 2.75. The zero-order chi connectivity index (χ0) is 17.8. The summed E-state index contributed by atoms with van der Waals surface area (Å²) >= 11 is 0. The number of aromatic nitrogens is 1. The number of ether oxygens (including phenoxy) is 1. The number of aliphatic hydroxyl groups excluding tert-OH is 2. The van der Waals surface area contributed by atoms with Gasteiger partial charge in [0.05, 0.1) is 19.3 Å².